The van der Waals surface area contributed by atoms with Crippen LogP contribution in [-0.2, 0) is 4.79 Å². The number of carbonyl (C=O) groups is 1. The summed E-state index contributed by atoms with van der Waals surface area (Å²) < 4.78 is 18.1. The number of hydrazone groups is 1. The van der Waals surface area contributed by atoms with E-state index in [4.69, 9.17) is 4.74 Å². The van der Waals surface area contributed by atoms with Crippen LogP contribution in [0.25, 0.3) is 0 Å². The van der Waals surface area contributed by atoms with E-state index in [9.17, 15) is 19.3 Å². The predicted octanol–water partition coefficient (Wildman–Crippen LogP) is 2.71. The van der Waals surface area contributed by atoms with E-state index in [1.807, 2.05) is 0 Å². The summed E-state index contributed by atoms with van der Waals surface area (Å²) in [6.07, 6.45) is 0.303. The lowest BCUT2D eigenvalue weighted by atomic mass is 10.3. The van der Waals surface area contributed by atoms with Gasteiger partial charge in [-0.25, -0.2) is 5.43 Å². The van der Waals surface area contributed by atoms with Crippen molar-refractivity contribution in [3.63, 3.8) is 0 Å². The summed E-state index contributed by atoms with van der Waals surface area (Å²) in [5.41, 5.74) is 2.00. The lowest BCUT2D eigenvalue weighted by molar-refractivity contribution is -0.386. The fraction of sp³-hybridized carbons (Fsp3) is 0.143. The summed E-state index contributed by atoms with van der Waals surface area (Å²) in [6, 6.07) is 8.55. The van der Waals surface area contributed by atoms with Crippen molar-refractivity contribution in [1.82, 2.24) is 5.43 Å². The zero-order chi connectivity index (χ0) is 16.8. The fourth-order valence-electron chi connectivity index (χ4n) is 1.60. The Morgan fingerprint density at radius 2 is 2.17 bits per heavy atom. The highest BCUT2D eigenvalue weighted by Gasteiger charge is 2.20. The van der Waals surface area contributed by atoms with Crippen molar-refractivity contribution in [2.45, 2.75) is 13.0 Å². The van der Waals surface area contributed by atoms with Crippen LogP contribution in [-0.4, -0.2) is 23.1 Å². The van der Waals surface area contributed by atoms with Crippen LogP contribution in [0.15, 0.2) is 41.5 Å². The highest BCUT2D eigenvalue weighted by Crippen LogP contribution is 2.26. The molecule has 1 aromatic heterocycles. The smallest absolute Gasteiger partial charge is 0.310 e. The molecule has 120 valence electrons. The number of nitro benzene ring substituents is 1. The largest absolute Gasteiger partial charge is 0.474 e. The van der Waals surface area contributed by atoms with E-state index in [1.165, 1.54) is 43.5 Å². The Morgan fingerprint density at radius 1 is 1.43 bits per heavy atom. The van der Waals surface area contributed by atoms with Crippen LogP contribution in [0.3, 0.4) is 0 Å². The van der Waals surface area contributed by atoms with Crippen LogP contribution in [0.2, 0.25) is 0 Å². The van der Waals surface area contributed by atoms with E-state index >= 15 is 0 Å². The molecule has 1 amide bonds. The first-order valence-electron chi connectivity index (χ1n) is 6.45. The normalized spacial score (nSPS) is 12.1. The number of halogens is 1. The van der Waals surface area contributed by atoms with Crippen LogP contribution in [0.5, 0.6) is 5.75 Å². The van der Waals surface area contributed by atoms with Crippen LogP contribution < -0.4 is 10.2 Å². The third-order valence-electron chi connectivity index (χ3n) is 2.70. The van der Waals surface area contributed by atoms with Crippen molar-refractivity contribution < 1.29 is 18.8 Å². The van der Waals surface area contributed by atoms with Gasteiger partial charge in [0.25, 0.3) is 5.91 Å². The number of hydrogen-bond donors (Lipinski definition) is 1. The van der Waals surface area contributed by atoms with E-state index in [0.717, 1.165) is 11.3 Å². The van der Waals surface area contributed by atoms with Gasteiger partial charge in [0.05, 0.1) is 16.0 Å². The van der Waals surface area contributed by atoms with E-state index in [2.05, 4.69) is 10.5 Å². The first-order chi connectivity index (χ1) is 11.0. The molecular weight excluding hydrogens is 325 g/mol. The number of rotatable bonds is 6. The number of benzene rings is 1. The molecule has 23 heavy (non-hydrogen) atoms. The van der Waals surface area contributed by atoms with Gasteiger partial charge in [-0.1, -0.05) is 12.1 Å². The van der Waals surface area contributed by atoms with Gasteiger partial charge in [-0.15, -0.1) is 11.3 Å². The molecule has 0 saturated carbocycles. The number of para-hydroxylation sites is 2. The van der Waals surface area contributed by atoms with Gasteiger partial charge < -0.3 is 4.74 Å². The van der Waals surface area contributed by atoms with Gasteiger partial charge in [0, 0.05) is 6.07 Å². The Kier molecular flexibility index (Phi) is 5.36. The highest BCUT2D eigenvalue weighted by molar-refractivity contribution is 7.12. The van der Waals surface area contributed by atoms with Crippen LogP contribution >= 0.6 is 11.3 Å². The molecule has 1 heterocycles. The zero-order valence-corrected chi connectivity index (χ0v) is 12.7. The molecule has 9 heteroatoms. The zero-order valence-electron chi connectivity index (χ0n) is 11.9. The van der Waals surface area contributed by atoms with E-state index in [0.29, 0.717) is 4.88 Å². The first kappa shape index (κ1) is 16.6. The molecular formula is C14H12FN3O4S. The van der Waals surface area contributed by atoms with Crippen molar-refractivity contribution in [2.75, 3.05) is 0 Å². The fourth-order valence-corrected chi connectivity index (χ4v) is 2.20. The molecule has 0 spiro atoms. The van der Waals surface area contributed by atoms with Crippen LogP contribution in [0.4, 0.5) is 10.1 Å². The van der Waals surface area contributed by atoms with Crippen molar-refractivity contribution in [2.24, 2.45) is 5.10 Å². The van der Waals surface area contributed by atoms with Crippen molar-refractivity contribution in [1.29, 1.82) is 0 Å². The third-order valence-corrected chi connectivity index (χ3v) is 3.50. The first-order valence-corrected chi connectivity index (χ1v) is 7.27. The van der Waals surface area contributed by atoms with Gasteiger partial charge in [0.1, 0.15) is 0 Å². The molecule has 0 fully saturated rings. The highest BCUT2D eigenvalue weighted by atomic mass is 32.1. The Balaban J connectivity index is 1.95. The van der Waals surface area contributed by atoms with E-state index < -0.39 is 16.9 Å². The predicted molar refractivity (Wildman–Crippen MR) is 83.2 cm³/mol. The molecule has 1 aromatic carbocycles. The maximum absolute atomic E-state index is 12.8. The van der Waals surface area contributed by atoms with Gasteiger partial charge in [0.15, 0.2) is 17.0 Å². The minimum atomic E-state index is -0.992. The van der Waals surface area contributed by atoms with Gasteiger partial charge >= 0.3 is 5.69 Å². The molecule has 2 aromatic rings. The minimum Gasteiger partial charge on any atom is -0.474 e. The number of nitrogens with one attached hydrogen (secondary N) is 1. The average Bonchev–Trinajstić information content (AvgIpc) is 2.93. The van der Waals surface area contributed by atoms with Gasteiger partial charge in [0.2, 0.25) is 0 Å². The summed E-state index contributed by atoms with van der Waals surface area (Å²) in [5.74, 6) is -0.596. The van der Waals surface area contributed by atoms with E-state index in [-0.39, 0.29) is 16.6 Å². The molecule has 7 nitrogen and oxygen atoms in total. The molecule has 0 bridgehead atoms. The average molecular weight is 337 g/mol. The maximum atomic E-state index is 12.8. The monoisotopic (exact) mass is 337 g/mol. The quantitative estimate of drug-likeness (QED) is 0.498. The Bertz CT molecular complexity index is 747. The summed E-state index contributed by atoms with van der Waals surface area (Å²) in [5, 5.41) is 14.2. The van der Waals surface area contributed by atoms with Crippen LogP contribution in [0, 0.1) is 15.2 Å². The number of hydrogen-bond acceptors (Lipinski definition) is 6. The molecule has 2 rings (SSSR count). The standard InChI is InChI=1S/C14H12FN3O4S/c1-9(22-12-5-3-2-4-11(12)18(20)21)14(19)17-16-8-10-6-7-13(15)23-10/h2-9H,1H3,(H,17,19). The molecule has 1 unspecified atom stereocenters. The number of amides is 1. The summed E-state index contributed by atoms with van der Waals surface area (Å²) in [7, 11) is 0. The minimum absolute atomic E-state index is 0.00976. The topological polar surface area (TPSA) is 93.8 Å². The van der Waals surface area contributed by atoms with Gasteiger partial charge in [-0.3, -0.25) is 14.9 Å². The second-order valence-corrected chi connectivity index (χ2v) is 5.43. The summed E-state index contributed by atoms with van der Waals surface area (Å²) in [4.78, 5) is 22.7. The van der Waals surface area contributed by atoms with Crippen molar-refractivity contribution in [3.05, 3.63) is 56.5 Å². The number of ether oxygens (including phenoxy) is 1. The Labute approximate surface area is 134 Å². The number of nitro groups is 1. The molecule has 1 atom stereocenters. The second kappa shape index (κ2) is 7.45. The summed E-state index contributed by atoms with van der Waals surface area (Å²) >= 11 is 0.882. The van der Waals surface area contributed by atoms with Gasteiger partial charge in [-0.05, 0) is 25.1 Å². The van der Waals surface area contributed by atoms with Crippen LogP contribution in [0.1, 0.15) is 11.8 Å². The molecule has 1 N–H and O–H groups in total. The van der Waals surface area contributed by atoms with Crippen molar-refractivity contribution in [3.8, 4) is 5.75 Å². The Morgan fingerprint density at radius 3 is 2.83 bits per heavy atom. The molecule has 0 aliphatic carbocycles. The van der Waals surface area contributed by atoms with Crippen molar-refractivity contribution >= 4 is 29.1 Å². The number of carbonyl (C=O) groups excluding carboxylic acids is 1. The lowest BCUT2D eigenvalue weighted by Crippen LogP contribution is -2.33. The number of thiophene rings is 1. The third kappa shape index (κ3) is 4.58. The maximum Gasteiger partial charge on any atom is 0.310 e. The Hall–Kier alpha value is -2.81. The van der Waals surface area contributed by atoms with Gasteiger partial charge in [-0.2, -0.15) is 9.49 Å². The number of nitrogens with zero attached hydrogens (tertiary/aromatic N) is 2. The second-order valence-electron chi connectivity index (χ2n) is 4.36. The molecule has 0 saturated heterocycles. The lowest BCUT2D eigenvalue weighted by Gasteiger charge is -2.12. The molecule has 0 aliphatic heterocycles. The summed E-state index contributed by atoms with van der Waals surface area (Å²) in [6.45, 7) is 1.44. The SMILES string of the molecule is CC(Oc1ccccc1[N+](=O)[O-])C(=O)NN=Cc1ccc(F)s1. The molecule has 0 radical (unpaired) electrons. The van der Waals surface area contributed by atoms with E-state index in [1.54, 1.807) is 6.07 Å². The molecule has 0 aliphatic rings.